The Morgan fingerprint density at radius 3 is 1.27 bits per heavy atom. The normalized spacial score (nSPS) is 18.3. The molecule has 158 valence electrons. The number of carbonyl (C=O) groups is 2. The topological polar surface area (TPSA) is 59.1 Å². The van der Waals surface area contributed by atoms with Gasteiger partial charge in [0.2, 0.25) is 0 Å². The van der Waals surface area contributed by atoms with Crippen molar-refractivity contribution < 1.29 is 19.1 Å². The number of ether oxygens (including phenoxy) is 2. The molecule has 0 unspecified atom stereocenters. The second-order valence-electron chi connectivity index (χ2n) is 7.78. The smallest absolute Gasteiger partial charge is 0.176 e. The van der Waals surface area contributed by atoms with Gasteiger partial charge in [-0.3, -0.25) is 19.4 Å². The molecule has 0 radical (unpaired) electrons. The van der Waals surface area contributed by atoms with Crippen molar-refractivity contribution in [3.8, 4) is 11.1 Å². The van der Waals surface area contributed by atoms with Crippen molar-refractivity contribution in [3.05, 3.63) is 59.7 Å². The first kappa shape index (κ1) is 20.9. The first-order valence-corrected chi connectivity index (χ1v) is 10.6. The van der Waals surface area contributed by atoms with Gasteiger partial charge in [0.05, 0.1) is 39.5 Å². The van der Waals surface area contributed by atoms with Gasteiger partial charge in [-0.15, -0.1) is 0 Å². The maximum absolute atomic E-state index is 12.5. The largest absolute Gasteiger partial charge is 0.379 e. The molecule has 2 aromatic carbocycles. The van der Waals surface area contributed by atoms with Crippen molar-refractivity contribution >= 4 is 11.6 Å². The fourth-order valence-corrected chi connectivity index (χ4v) is 3.80. The van der Waals surface area contributed by atoms with Gasteiger partial charge in [0.25, 0.3) is 0 Å². The second kappa shape index (κ2) is 10.1. The van der Waals surface area contributed by atoms with E-state index in [4.69, 9.17) is 9.47 Å². The van der Waals surface area contributed by atoms with E-state index in [0.717, 1.165) is 48.4 Å². The van der Waals surface area contributed by atoms with Gasteiger partial charge in [-0.05, 0) is 11.1 Å². The summed E-state index contributed by atoms with van der Waals surface area (Å²) in [6.07, 6.45) is 0. The predicted molar refractivity (Wildman–Crippen MR) is 115 cm³/mol. The molecule has 0 bridgehead atoms. The summed E-state index contributed by atoms with van der Waals surface area (Å²) in [4.78, 5) is 29.3. The number of rotatable bonds is 7. The van der Waals surface area contributed by atoms with Crippen LogP contribution >= 0.6 is 0 Å². The van der Waals surface area contributed by atoms with E-state index >= 15 is 0 Å². The van der Waals surface area contributed by atoms with Crippen molar-refractivity contribution in [3.63, 3.8) is 0 Å². The number of hydrogen-bond donors (Lipinski definition) is 0. The first-order valence-electron chi connectivity index (χ1n) is 10.6. The average Bonchev–Trinajstić information content (AvgIpc) is 2.80. The third-order valence-corrected chi connectivity index (χ3v) is 5.69. The minimum atomic E-state index is 0.132. The lowest BCUT2D eigenvalue weighted by Crippen LogP contribution is -2.39. The van der Waals surface area contributed by atoms with Crippen molar-refractivity contribution in [1.29, 1.82) is 0 Å². The van der Waals surface area contributed by atoms with Crippen LogP contribution in [-0.4, -0.2) is 87.1 Å². The fourth-order valence-electron chi connectivity index (χ4n) is 3.80. The number of carbonyl (C=O) groups excluding carboxylic acids is 2. The van der Waals surface area contributed by atoms with Gasteiger partial charge in [-0.1, -0.05) is 48.5 Å². The molecule has 0 spiro atoms. The van der Waals surface area contributed by atoms with Gasteiger partial charge < -0.3 is 9.47 Å². The van der Waals surface area contributed by atoms with Crippen LogP contribution in [0.3, 0.4) is 0 Å². The van der Waals surface area contributed by atoms with Gasteiger partial charge in [0, 0.05) is 37.3 Å². The molecule has 2 aromatic rings. The molecule has 2 aliphatic rings. The van der Waals surface area contributed by atoms with E-state index in [1.54, 1.807) is 0 Å². The van der Waals surface area contributed by atoms with Gasteiger partial charge >= 0.3 is 0 Å². The number of ketones is 2. The predicted octanol–water partition coefficient (Wildman–Crippen LogP) is 2.38. The van der Waals surface area contributed by atoms with E-state index in [9.17, 15) is 9.59 Å². The van der Waals surface area contributed by atoms with E-state index in [1.807, 2.05) is 48.5 Å². The number of hydrogen-bond acceptors (Lipinski definition) is 6. The summed E-state index contributed by atoms with van der Waals surface area (Å²) in [5.74, 6) is 0.264. The van der Waals surface area contributed by atoms with Crippen molar-refractivity contribution in [2.45, 2.75) is 0 Å². The lowest BCUT2D eigenvalue weighted by atomic mass is 10.00. The van der Waals surface area contributed by atoms with Gasteiger partial charge in [0.1, 0.15) is 0 Å². The SMILES string of the molecule is O=C(CN1CCOCC1)c1ccc(-c2ccc(C(=O)CN3CCOCC3)cc2)cc1. The molecule has 4 rings (SSSR count). The van der Waals surface area contributed by atoms with Crippen LogP contribution in [0.4, 0.5) is 0 Å². The van der Waals surface area contributed by atoms with E-state index in [1.165, 1.54) is 0 Å². The lowest BCUT2D eigenvalue weighted by Gasteiger charge is -2.25. The molecule has 0 atom stereocenters. The van der Waals surface area contributed by atoms with Crippen LogP contribution in [-0.2, 0) is 9.47 Å². The Morgan fingerprint density at radius 2 is 0.933 bits per heavy atom. The highest BCUT2D eigenvalue weighted by Gasteiger charge is 2.17. The summed E-state index contributed by atoms with van der Waals surface area (Å²) in [6, 6.07) is 15.4. The second-order valence-corrected chi connectivity index (χ2v) is 7.78. The standard InChI is InChI=1S/C24H28N2O4/c27-23(17-25-9-13-29-14-10-25)21-5-1-19(2-6-21)20-3-7-22(8-4-20)24(28)18-26-11-15-30-16-12-26/h1-8H,9-18H2. The minimum absolute atomic E-state index is 0.132. The highest BCUT2D eigenvalue weighted by Crippen LogP contribution is 2.21. The summed E-state index contributed by atoms with van der Waals surface area (Å²) in [7, 11) is 0. The Labute approximate surface area is 177 Å². The maximum atomic E-state index is 12.5. The maximum Gasteiger partial charge on any atom is 0.176 e. The third-order valence-electron chi connectivity index (χ3n) is 5.69. The molecule has 2 saturated heterocycles. The molecular weight excluding hydrogens is 380 g/mol. The van der Waals surface area contributed by atoms with E-state index in [-0.39, 0.29) is 11.6 Å². The van der Waals surface area contributed by atoms with Gasteiger partial charge in [-0.2, -0.15) is 0 Å². The van der Waals surface area contributed by atoms with E-state index in [2.05, 4.69) is 9.80 Å². The van der Waals surface area contributed by atoms with Crippen LogP contribution in [0.2, 0.25) is 0 Å². The molecule has 0 saturated carbocycles. The Bertz CT molecular complexity index is 778. The Morgan fingerprint density at radius 1 is 0.600 bits per heavy atom. The zero-order valence-corrected chi connectivity index (χ0v) is 17.2. The number of morpholine rings is 2. The molecule has 2 heterocycles. The summed E-state index contributed by atoms with van der Waals surface area (Å²) < 4.78 is 10.7. The van der Waals surface area contributed by atoms with Crippen molar-refractivity contribution in [2.75, 3.05) is 65.7 Å². The van der Waals surface area contributed by atoms with Gasteiger partial charge in [0.15, 0.2) is 11.6 Å². The molecule has 2 fully saturated rings. The molecule has 6 heteroatoms. The summed E-state index contributed by atoms with van der Waals surface area (Å²) in [6.45, 7) is 6.86. The first-order chi connectivity index (χ1) is 14.7. The Hall–Kier alpha value is -2.38. The summed E-state index contributed by atoms with van der Waals surface area (Å²) in [5, 5.41) is 0. The molecule has 2 aliphatic heterocycles. The quantitative estimate of drug-likeness (QED) is 0.656. The minimum Gasteiger partial charge on any atom is -0.379 e. The monoisotopic (exact) mass is 408 g/mol. The molecule has 0 amide bonds. The molecule has 0 aliphatic carbocycles. The summed E-state index contributed by atoms with van der Waals surface area (Å²) in [5.41, 5.74) is 3.51. The molecule has 6 nitrogen and oxygen atoms in total. The number of nitrogens with zero attached hydrogens (tertiary/aromatic N) is 2. The lowest BCUT2D eigenvalue weighted by molar-refractivity contribution is 0.0368. The van der Waals surface area contributed by atoms with Gasteiger partial charge in [-0.25, -0.2) is 0 Å². The fraction of sp³-hybridized carbons (Fsp3) is 0.417. The average molecular weight is 408 g/mol. The Kier molecular flexibility index (Phi) is 7.02. The van der Waals surface area contributed by atoms with Crippen LogP contribution in [0, 0.1) is 0 Å². The van der Waals surface area contributed by atoms with Crippen LogP contribution in [0.25, 0.3) is 11.1 Å². The van der Waals surface area contributed by atoms with Crippen molar-refractivity contribution in [2.24, 2.45) is 0 Å². The third kappa shape index (κ3) is 5.40. The Balaban J connectivity index is 1.35. The zero-order valence-electron chi connectivity index (χ0n) is 17.2. The number of benzene rings is 2. The van der Waals surface area contributed by atoms with Crippen LogP contribution < -0.4 is 0 Å². The van der Waals surface area contributed by atoms with E-state index < -0.39 is 0 Å². The van der Waals surface area contributed by atoms with Crippen LogP contribution in [0.5, 0.6) is 0 Å². The summed E-state index contributed by atoms with van der Waals surface area (Å²) >= 11 is 0. The molecule has 0 aromatic heterocycles. The highest BCUT2D eigenvalue weighted by atomic mass is 16.5. The number of Topliss-reactive ketones (excluding diaryl/α,β-unsaturated/α-hetero) is 2. The van der Waals surface area contributed by atoms with Crippen LogP contribution in [0.1, 0.15) is 20.7 Å². The molecule has 0 N–H and O–H groups in total. The highest BCUT2D eigenvalue weighted by molar-refractivity contribution is 5.99. The van der Waals surface area contributed by atoms with Crippen LogP contribution in [0.15, 0.2) is 48.5 Å². The zero-order chi connectivity index (χ0) is 20.8. The van der Waals surface area contributed by atoms with E-state index in [0.29, 0.717) is 39.5 Å². The molecular formula is C24H28N2O4. The van der Waals surface area contributed by atoms with Crippen molar-refractivity contribution in [1.82, 2.24) is 9.80 Å². The molecule has 30 heavy (non-hydrogen) atoms.